The van der Waals surface area contributed by atoms with E-state index >= 15 is 0 Å². The van der Waals surface area contributed by atoms with Crippen LogP contribution in [0.1, 0.15) is 42.8 Å². The molecule has 2 heterocycles. The molecule has 1 fully saturated rings. The summed E-state index contributed by atoms with van der Waals surface area (Å²) in [5.74, 6) is -0.933. The second kappa shape index (κ2) is 7.24. The third kappa shape index (κ3) is 3.47. The first kappa shape index (κ1) is 18.1. The van der Waals surface area contributed by atoms with Crippen molar-refractivity contribution in [2.24, 2.45) is 0 Å². The number of piperidine rings is 1. The molecule has 0 aliphatic carbocycles. The van der Waals surface area contributed by atoms with Gasteiger partial charge in [-0.1, -0.05) is 12.1 Å². The number of carboxylic acid groups (broad SMARTS) is 1. The van der Waals surface area contributed by atoms with Gasteiger partial charge in [0.15, 0.2) is 0 Å². The summed E-state index contributed by atoms with van der Waals surface area (Å²) in [5, 5.41) is 55.4. The summed E-state index contributed by atoms with van der Waals surface area (Å²) in [6.45, 7) is 0.189. The van der Waals surface area contributed by atoms with Crippen LogP contribution in [0.4, 0.5) is 5.69 Å². The molecule has 0 saturated carbocycles. The summed E-state index contributed by atoms with van der Waals surface area (Å²) < 4.78 is 0. The smallest absolute Gasteiger partial charge is 0.305 e. The molecule has 0 amide bonds. The molecule has 0 bridgehead atoms. The molecule has 1 aromatic carbocycles. The van der Waals surface area contributed by atoms with E-state index in [0.717, 1.165) is 0 Å². The molecule has 1 aromatic rings. The minimum Gasteiger partial charge on any atom is -0.481 e. The number of aliphatic hydroxyl groups excluding tert-OH is 4. The number of aliphatic carboxylic acids is 1. The van der Waals surface area contributed by atoms with Crippen molar-refractivity contribution in [3.05, 3.63) is 29.3 Å². The third-order valence-electron chi connectivity index (χ3n) is 4.74. The number of rotatable bonds is 5. The van der Waals surface area contributed by atoms with Gasteiger partial charge in [-0.2, -0.15) is 0 Å². The number of aliphatic hydroxyl groups is 4. The maximum Gasteiger partial charge on any atom is 0.305 e. The van der Waals surface area contributed by atoms with Crippen molar-refractivity contribution in [2.75, 3.05) is 11.9 Å². The largest absolute Gasteiger partial charge is 0.481 e. The van der Waals surface area contributed by atoms with Crippen molar-refractivity contribution in [3.8, 4) is 0 Å². The number of fused-ring (bicyclic) bond motifs is 1. The van der Waals surface area contributed by atoms with Crippen molar-refractivity contribution in [1.82, 2.24) is 10.2 Å². The van der Waals surface area contributed by atoms with Crippen LogP contribution < -0.4 is 10.6 Å². The van der Waals surface area contributed by atoms with Crippen LogP contribution in [0, 0.1) is 0 Å². The standard InChI is InChI=1S/C16H23N3O6/c20-11-5-4-10(14(23)18-11)19-15(24)8-2-1-3-9(13(8)16(19)25)17-7-6-12(21)22/h1-3,10-11,14-18,20,23-25H,4-7H2,(H,21,22). The highest BCUT2D eigenvalue weighted by atomic mass is 16.4. The first-order valence-corrected chi connectivity index (χ1v) is 8.24. The Balaban J connectivity index is 1.82. The van der Waals surface area contributed by atoms with Crippen molar-refractivity contribution < 1.29 is 30.3 Å². The van der Waals surface area contributed by atoms with Gasteiger partial charge in [0.1, 0.15) is 24.9 Å². The lowest BCUT2D eigenvalue weighted by atomic mass is 10.0. The van der Waals surface area contributed by atoms with Crippen LogP contribution in [0.3, 0.4) is 0 Å². The van der Waals surface area contributed by atoms with Crippen molar-refractivity contribution in [3.63, 3.8) is 0 Å². The van der Waals surface area contributed by atoms with E-state index in [0.29, 0.717) is 29.7 Å². The molecule has 1 saturated heterocycles. The van der Waals surface area contributed by atoms with Crippen LogP contribution >= 0.6 is 0 Å². The van der Waals surface area contributed by atoms with Crippen molar-refractivity contribution in [1.29, 1.82) is 0 Å². The van der Waals surface area contributed by atoms with Crippen LogP contribution in [0.5, 0.6) is 0 Å². The van der Waals surface area contributed by atoms with Gasteiger partial charge in [-0.25, -0.2) is 4.90 Å². The Morgan fingerprint density at radius 2 is 1.96 bits per heavy atom. The number of benzene rings is 1. The molecule has 3 rings (SSSR count). The molecule has 0 radical (unpaired) electrons. The topological polar surface area (TPSA) is 146 Å². The number of nitrogens with zero attached hydrogens (tertiary/aromatic N) is 1. The van der Waals surface area contributed by atoms with Crippen LogP contribution in [-0.4, -0.2) is 61.4 Å². The highest BCUT2D eigenvalue weighted by Crippen LogP contribution is 2.45. The Morgan fingerprint density at radius 3 is 2.64 bits per heavy atom. The minimum absolute atomic E-state index is 0.0742. The fourth-order valence-electron chi connectivity index (χ4n) is 3.55. The third-order valence-corrected chi connectivity index (χ3v) is 4.74. The van der Waals surface area contributed by atoms with Gasteiger partial charge in [0.05, 0.1) is 12.5 Å². The summed E-state index contributed by atoms with van der Waals surface area (Å²) in [5.41, 5.74) is 1.52. The van der Waals surface area contributed by atoms with Crippen LogP contribution in [0.15, 0.2) is 18.2 Å². The van der Waals surface area contributed by atoms with E-state index in [1.165, 1.54) is 4.90 Å². The van der Waals surface area contributed by atoms with E-state index in [1.54, 1.807) is 18.2 Å². The van der Waals surface area contributed by atoms with Gasteiger partial charge in [-0.05, 0) is 18.9 Å². The first-order chi connectivity index (χ1) is 11.9. The van der Waals surface area contributed by atoms with Crippen LogP contribution in [-0.2, 0) is 4.79 Å². The summed E-state index contributed by atoms with van der Waals surface area (Å²) in [4.78, 5) is 12.1. The lowest BCUT2D eigenvalue weighted by Gasteiger charge is -2.40. The second-order valence-electron chi connectivity index (χ2n) is 6.35. The fraction of sp³-hybridized carbons (Fsp3) is 0.562. The maximum absolute atomic E-state index is 10.7. The molecule has 5 atom stereocenters. The van der Waals surface area contributed by atoms with E-state index in [-0.39, 0.29) is 13.0 Å². The molecule has 2 aliphatic rings. The normalized spacial score (nSPS) is 32.4. The number of hydrogen-bond acceptors (Lipinski definition) is 8. The molecular weight excluding hydrogens is 330 g/mol. The van der Waals surface area contributed by atoms with Gasteiger partial charge >= 0.3 is 5.97 Å². The Hall–Kier alpha value is -1.75. The van der Waals surface area contributed by atoms with Crippen molar-refractivity contribution >= 4 is 11.7 Å². The minimum atomic E-state index is -1.16. The average Bonchev–Trinajstić information content (AvgIpc) is 2.80. The van der Waals surface area contributed by atoms with Gasteiger partial charge < -0.3 is 30.8 Å². The number of hydrogen-bond donors (Lipinski definition) is 7. The lowest BCUT2D eigenvalue weighted by Crippen LogP contribution is -2.57. The Kier molecular flexibility index (Phi) is 5.23. The highest BCUT2D eigenvalue weighted by molar-refractivity contribution is 5.68. The Bertz CT molecular complexity index is 642. The average molecular weight is 353 g/mol. The molecule has 5 unspecified atom stereocenters. The number of carbonyl (C=O) groups is 1. The van der Waals surface area contributed by atoms with Gasteiger partial charge in [0.25, 0.3) is 0 Å². The van der Waals surface area contributed by atoms with E-state index in [9.17, 15) is 25.2 Å². The van der Waals surface area contributed by atoms with Crippen molar-refractivity contribution in [2.45, 2.75) is 50.2 Å². The molecular formula is C16H23N3O6. The Labute approximate surface area is 144 Å². The molecule has 138 valence electrons. The van der Waals surface area contributed by atoms with Crippen LogP contribution in [0.25, 0.3) is 0 Å². The maximum atomic E-state index is 10.7. The molecule has 2 aliphatic heterocycles. The molecule has 25 heavy (non-hydrogen) atoms. The number of carboxylic acids is 1. The lowest BCUT2D eigenvalue weighted by molar-refractivity contribution is -0.158. The molecule has 0 spiro atoms. The number of nitrogens with one attached hydrogen (secondary N) is 2. The van der Waals surface area contributed by atoms with Crippen LogP contribution in [0.2, 0.25) is 0 Å². The molecule has 7 N–H and O–H groups in total. The zero-order valence-electron chi connectivity index (χ0n) is 13.5. The molecule has 0 aromatic heterocycles. The van der Waals surface area contributed by atoms with E-state index in [1.807, 2.05) is 0 Å². The van der Waals surface area contributed by atoms with E-state index in [2.05, 4.69) is 10.6 Å². The SMILES string of the molecule is O=C(O)CCNc1cccc2c1C(O)N(C1CCC(O)NC1O)C2O. The van der Waals surface area contributed by atoms with Gasteiger partial charge in [0.2, 0.25) is 0 Å². The van der Waals surface area contributed by atoms with Gasteiger partial charge in [-0.3, -0.25) is 10.1 Å². The summed E-state index contributed by atoms with van der Waals surface area (Å²) in [6, 6.07) is 4.52. The fourth-order valence-corrected chi connectivity index (χ4v) is 3.55. The zero-order valence-corrected chi connectivity index (χ0v) is 13.5. The summed E-state index contributed by atoms with van der Waals surface area (Å²) in [6.07, 6.45) is -3.46. The quantitative estimate of drug-likeness (QED) is 0.364. The van der Waals surface area contributed by atoms with E-state index in [4.69, 9.17) is 5.11 Å². The predicted molar refractivity (Wildman–Crippen MR) is 87.1 cm³/mol. The molecule has 9 nitrogen and oxygen atoms in total. The second-order valence-corrected chi connectivity index (χ2v) is 6.35. The highest BCUT2D eigenvalue weighted by Gasteiger charge is 2.45. The predicted octanol–water partition coefficient (Wildman–Crippen LogP) is -0.741. The van der Waals surface area contributed by atoms with Gasteiger partial charge in [0, 0.05) is 23.4 Å². The first-order valence-electron chi connectivity index (χ1n) is 8.24. The summed E-state index contributed by atoms with van der Waals surface area (Å²) >= 11 is 0. The summed E-state index contributed by atoms with van der Waals surface area (Å²) in [7, 11) is 0. The monoisotopic (exact) mass is 353 g/mol. The van der Waals surface area contributed by atoms with Gasteiger partial charge in [-0.15, -0.1) is 0 Å². The molecule has 9 heteroatoms. The Morgan fingerprint density at radius 1 is 1.20 bits per heavy atom. The number of anilines is 1. The van der Waals surface area contributed by atoms with E-state index < -0.39 is 36.9 Å². The zero-order chi connectivity index (χ0) is 18.1.